The molecule has 0 aliphatic rings. The number of carbonyl (C=O) groups excluding carboxylic acids is 1. The molecule has 0 saturated carbocycles. The summed E-state index contributed by atoms with van der Waals surface area (Å²) < 4.78 is 0. The first-order valence-electron chi connectivity index (χ1n) is 6.36. The first-order chi connectivity index (χ1) is 8.63. The number of hydrogen-bond acceptors (Lipinski definition) is 2. The third kappa shape index (κ3) is 5.04. The topological polar surface area (TPSA) is 41.1 Å². The van der Waals surface area contributed by atoms with Crippen LogP contribution in [0.2, 0.25) is 0 Å². The van der Waals surface area contributed by atoms with E-state index in [0.29, 0.717) is 18.0 Å². The average Bonchev–Trinajstić information content (AvgIpc) is 2.36. The maximum Gasteiger partial charge on any atom is 0.251 e. The summed E-state index contributed by atoms with van der Waals surface area (Å²) in [6.07, 6.45) is 2.81. The Morgan fingerprint density at radius 2 is 2.00 bits per heavy atom. The predicted molar refractivity (Wildman–Crippen MR) is 76.9 cm³/mol. The van der Waals surface area contributed by atoms with Crippen molar-refractivity contribution in [3.63, 3.8) is 0 Å². The number of benzene rings is 1. The molecule has 1 amide bonds. The minimum absolute atomic E-state index is 0.0661. The fraction of sp³-hybridized carbons (Fsp3) is 0.400. The van der Waals surface area contributed by atoms with Crippen LogP contribution in [-0.2, 0) is 0 Å². The Morgan fingerprint density at radius 3 is 2.56 bits per heavy atom. The maximum atomic E-state index is 11.6. The quantitative estimate of drug-likeness (QED) is 0.726. The van der Waals surface area contributed by atoms with Crippen molar-refractivity contribution in [1.29, 1.82) is 0 Å². The van der Waals surface area contributed by atoms with Gasteiger partial charge in [0.2, 0.25) is 0 Å². The van der Waals surface area contributed by atoms with Gasteiger partial charge in [0.1, 0.15) is 0 Å². The highest BCUT2D eigenvalue weighted by Crippen LogP contribution is 2.10. The lowest BCUT2D eigenvalue weighted by atomic mass is 10.1. The van der Waals surface area contributed by atoms with E-state index >= 15 is 0 Å². The van der Waals surface area contributed by atoms with Gasteiger partial charge in [0, 0.05) is 24.3 Å². The fourth-order valence-electron chi connectivity index (χ4n) is 1.51. The van der Waals surface area contributed by atoms with Gasteiger partial charge in [-0.15, -0.1) is 6.58 Å². The highest BCUT2D eigenvalue weighted by Gasteiger charge is 2.03. The van der Waals surface area contributed by atoms with E-state index in [0.717, 1.165) is 18.7 Å². The van der Waals surface area contributed by atoms with Gasteiger partial charge >= 0.3 is 0 Å². The van der Waals surface area contributed by atoms with Gasteiger partial charge in [-0.2, -0.15) is 0 Å². The molecule has 0 spiro atoms. The Hall–Kier alpha value is -1.77. The molecular weight excluding hydrogens is 224 g/mol. The van der Waals surface area contributed by atoms with Crippen LogP contribution in [0.15, 0.2) is 36.9 Å². The molecule has 0 bridgehead atoms. The third-order valence-electron chi connectivity index (χ3n) is 2.60. The summed E-state index contributed by atoms with van der Waals surface area (Å²) in [5.74, 6) is 0.630. The lowest BCUT2D eigenvalue weighted by Crippen LogP contribution is -2.23. The number of carbonyl (C=O) groups is 1. The smallest absolute Gasteiger partial charge is 0.251 e. The molecule has 18 heavy (non-hydrogen) atoms. The molecule has 0 heterocycles. The summed E-state index contributed by atoms with van der Waals surface area (Å²) in [5.41, 5.74) is 1.72. The predicted octanol–water partition coefficient (Wildman–Crippen LogP) is 3.06. The van der Waals surface area contributed by atoms with E-state index in [9.17, 15) is 4.79 Å². The standard InChI is InChI=1S/C15H22N2O/c1-4-10-17-15(18)13-5-7-14(8-6-13)16-11-9-12(2)3/h4-8,12,16H,1,9-11H2,2-3H3,(H,17,18). The average molecular weight is 246 g/mol. The monoisotopic (exact) mass is 246 g/mol. The molecule has 0 aromatic heterocycles. The van der Waals surface area contributed by atoms with Gasteiger partial charge in [-0.05, 0) is 36.6 Å². The molecule has 3 heteroatoms. The Kier molecular flexibility index (Phi) is 5.98. The van der Waals surface area contributed by atoms with Crippen molar-refractivity contribution in [1.82, 2.24) is 5.32 Å². The van der Waals surface area contributed by atoms with Crippen molar-refractivity contribution in [2.45, 2.75) is 20.3 Å². The largest absolute Gasteiger partial charge is 0.385 e. The van der Waals surface area contributed by atoms with E-state index in [1.165, 1.54) is 0 Å². The van der Waals surface area contributed by atoms with Gasteiger partial charge in [-0.25, -0.2) is 0 Å². The number of anilines is 1. The summed E-state index contributed by atoms with van der Waals surface area (Å²) in [7, 11) is 0. The zero-order chi connectivity index (χ0) is 13.4. The molecule has 0 aliphatic heterocycles. The zero-order valence-corrected chi connectivity index (χ0v) is 11.2. The molecule has 3 nitrogen and oxygen atoms in total. The number of rotatable bonds is 7. The normalized spacial score (nSPS) is 10.2. The Morgan fingerprint density at radius 1 is 1.33 bits per heavy atom. The van der Waals surface area contributed by atoms with Crippen LogP contribution in [0.1, 0.15) is 30.6 Å². The van der Waals surface area contributed by atoms with Crippen molar-refractivity contribution in [3.8, 4) is 0 Å². The highest BCUT2D eigenvalue weighted by atomic mass is 16.1. The first kappa shape index (κ1) is 14.3. The van der Waals surface area contributed by atoms with Crippen LogP contribution in [0.25, 0.3) is 0 Å². The van der Waals surface area contributed by atoms with Crippen molar-refractivity contribution >= 4 is 11.6 Å². The van der Waals surface area contributed by atoms with Crippen LogP contribution < -0.4 is 10.6 Å². The minimum Gasteiger partial charge on any atom is -0.385 e. The lowest BCUT2D eigenvalue weighted by Gasteiger charge is -2.09. The molecule has 0 saturated heterocycles. The van der Waals surface area contributed by atoms with Crippen LogP contribution in [0.3, 0.4) is 0 Å². The summed E-state index contributed by atoms with van der Waals surface area (Å²) in [6.45, 7) is 9.42. The van der Waals surface area contributed by atoms with Gasteiger partial charge in [-0.1, -0.05) is 19.9 Å². The molecular formula is C15H22N2O. The van der Waals surface area contributed by atoms with Crippen molar-refractivity contribution in [2.75, 3.05) is 18.4 Å². The third-order valence-corrected chi connectivity index (χ3v) is 2.60. The van der Waals surface area contributed by atoms with Crippen LogP contribution in [0.5, 0.6) is 0 Å². The van der Waals surface area contributed by atoms with Crippen LogP contribution in [-0.4, -0.2) is 19.0 Å². The van der Waals surface area contributed by atoms with Gasteiger partial charge in [-0.3, -0.25) is 4.79 Å². The number of hydrogen-bond donors (Lipinski definition) is 2. The van der Waals surface area contributed by atoms with Crippen molar-refractivity contribution < 1.29 is 4.79 Å². The van der Waals surface area contributed by atoms with Gasteiger partial charge in [0.25, 0.3) is 5.91 Å². The van der Waals surface area contributed by atoms with Crippen LogP contribution in [0.4, 0.5) is 5.69 Å². The van der Waals surface area contributed by atoms with E-state index in [-0.39, 0.29) is 5.91 Å². The molecule has 1 rings (SSSR count). The first-order valence-corrected chi connectivity index (χ1v) is 6.36. The summed E-state index contributed by atoms with van der Waals surface area (Å²) in [5, 5.41) is 6.09. The molecule has 98 valence electrons. The molecule has 1 aromatic rings. The van der Waals surface area contributed by atoms with Crippen LogP contribution >= 0.6 is 0 Å². The molecule has 0 unspecified atom stereocenters. The molecule has 1 aromatic carbocycles. The molecule has 0 fully saturated rings. The van der Waals surface area contributed by atoms with Gasteiger partial charge in [0.05, 0.1) is 0 Å². The SMILES string of the molecule is C=CCNC(=O)c1ccc(NCCC(C)C)cc1. The second kappa shape index (κ2) is 7.54. The molecule has 0 atom stereocenters. The zero-order valence-electron chi connectivity index (χ0n) is 11.2. The second-order valence-electron chi connectivity index (χ2n) is 4.69. The molecule has 2 N–H and O–H groups in total. The van der Waals surface area contributed by atoms with E-state index in [2.05, 4.69) is 31.1 Å². The summed E-state index contributed by atoms with van der Waals surface area (Å²) in [4.78, 5) is 11.6. The molecule has 0 radical (unpaired) electrons. The second-order valence-corrected chi connectivity index (χ2v) is 4.69. The lowest BCUT2D eigenvalue weighted by molar-refractivity contribution is 0.0958. The molecule has 0 aliphatic carbocycles. The highest BCUT2D eigenvalue weighted by molar-refractivity contribution is 5.94. The Bertz CT molecular complexity index is 382. The van der Waals surface area contributed by atoms with Crippen molar-refractivity contribution in [2.24, 2.45) is 5.92 Å². The fourth-order valence-corrected chi connectivity index (χ4v) is 1.51. The van der Waals surface area contributed by atoms with E-state index < -0.39 is 0 Å². The maximum absolute atomic E-state index is 11.6. The van der Waals surface area contributed by atoms with E-state index in [1.54, 1.807) is 6.08 Å². The Balaban J connectivity index is 2.46. The summed E-state index contributed by atoms with van der Waals surface area (Å²) >= 11 is 0. The van der Waals surface area contributed by atoms with Gasteiger partial charge in [0.15, 0.2) is 0 Å². The summed E-state index contributed by atoms with van der Waals surface area (Å²) in [6, 6.07) is 7.53. The van der Waals surface area contributed by atoms with Gasteiger partial charge < -0.3 is 10.6 Å². The number of amides is 1. The Labute approximate surface area is 109 Å². The minimum atomic E-state index is -0.0661. The van der Waals surface area contributed by atoms with Crippen molar-refractivity contribution in [3.05, 3.63) is 42.5 Å². The van der Waals surface area contributed by atoms with Crippen LogP contribution in [0, 0.1) is 5.92 Å². The van der Waals surface area contributed by atoms with E-state index in [4.69, 9.17) is 0 Å². The number of nitrogens with one attached hydrogen (secondary N) is 2. The van der Waals surface area contributed by atoms with E-state index in [1.807, 2.05) is 24.3 Å².